The summed E-state index contributed by atoms with van der Waals surface area (Å²) in [7, 11) is -2.45. The van der Waals surface area contributed by atoms with E-state index in [1.54, 1.807) is 0 Å². The first-order chi connectivity index (χ1) is 8.81. The van der Waals surface area contributed by atoms with E-state index >= 15 is 0 Å². The topological polar surface area (TPSA) is 110 Å². The van der Waals surface area contributed by atoms with Crippen LogP contribution >= 0.6 is 11.6 Å². The molecule has 1 aromatic carbocycles. The molecule has 0 amide bonds. The van der Waals surface area contributed by atoms with Gasteiger partial charge in [-0.1, -0.05) is 11.6 Å². The van der Waals surface area contributed by atoms with Gasteiger partial charge >= 0.3 is 0 Å². The molecule has 1 heterocycles. The Kier molecular flexibility index (Phi) is 3.29. The molecular weight excluding hydrogens is 292 g/mol. The molecule has 1 aromatic heterocycles. The number of aryl methyl sites for hydroxylation is 1. The minimum Gasteiger partial charge on any atom is -0.508 e. The van der Waals surface area contributed by atoms with Gasteiger partial charge in [0, 0.05) is 13.1 Å². The Balaban J connectivity index is 2.42. The van der Waals surface area contributed by atoms with E-state index in [2.05, 4.69) is 9.82 Å². The summed E-state index contributed by atoms with van der Waals surface area (Å²) in [5.74, 6) is -0.0565. The molecule has 0 saturated heterocycles. The van der Waals surface area contributed by atoms with E-state index in [1.165, 1.54) is 31.4 Å². The molecule has 0 aliphatic carbocycles. The summed E-state index contributed by atoms with van der Waals surface area (Å²) in [5, 5.41) is 12.8. The highest BCUT2D eigenvalue weighted by Gasteiger charge is 2.23. The number of rotatable bonds is 3. The molecule has 4 N–H and O–H groups in total. The molecule has 7 nitrogen and oxygen atoms in total. The second-order valence-corrected chi connectivity index (χ2v) is 5.80. The fourth-order valence-corrected chi connectivity index (χ4v) is 3.29. The van der Waals surface area contributed by atoms with Crippen molar-refractivity contribution in [3.63, 3.8) is 0 Å². The van der Waals surface area contributed by atoms with E-state index in [0.717, 1.165) is 4.68 Å². The van der Waals surface area contributed by atoms with Crippen LogP contribution in [0.25, 0.3) is 0 Å². The summed E-state index contributed by atoms with van der Waals surface area (Å²) in [6.07, 6.45) is 1.23. The number of anilines is 2. The maximum Gasteiger partial charge on any atom is 0.280 e. The van der Waals surface area contributed by atoms with Crippen LogP contribution in [-0.2, 0) is 17.1 Å². The largest absolute Gasteiger partial charge is 0.508 e. The van der Waals surface area contributed by atoms with Crippen LogP contribution < -0.4 is 10.5 Å². The van der Waals surface area contributed by atoms with Crippen molar-refractivity contribution in [1.82, 2.24) is 9.78 Å². The summed E-state index contributed by atoms with van der Waals surface area (Å²) in [4.78, 5) is 0. The summed E-state index contributed by atoms with van der Waals surface area (Å²) in [6.45, 7) is 0. The monoisotopic (exact) mass is 302 g/mol. The van der Waals surface area contributed by atoms with E-state index in [9.17, 15) is 13.5 Å². The highest BCUT2D eigenvalue weighted by molar-refractivity contribution is 7.92. The maximum absolute atomic E-state index is 12.2. The Labute approximate surface area is 114 Å². The van der Waals surface area contributed by atoms with Gasteiger partial charge in [0.05, 0.1) is 22.6 Å². The molecule has 0 bridgehead atoms. The van der Waals surface area contributed by atoms with E-state index < -0.39 is 10.0 Å². The summed E-state index contributed by atoms with van der Waals surface area (Å²) in [5.41, 5.74) is 5.86. The Morgan fingerprint density at radius 1 is 1.47 bits per heavy atom. The molecule has 0 spiro atoms. The van der Waals surface area contributed by atoms with E-state index in [1.807, 2.05) is 0 Å². The molecule has 102 valence electrons. The van der Waals surface area contributed by atoms with Crippen LogP contribution in [0.4, 0.5) is 11.4 Å². The molecule has 0 fully saturated rings. The zero-order valence-electron chi connectivity index (χ0n) is 9.83. The first kappa shape index (κ1) is 13.5. The number of aromatic nitrogens is 2. The minimum absolute atomic E-state index is 0.00681. The van der Waals surface area contributed by atoms with Crippen molar-refractivity contribution in [2.24, 2.45) is 7.05 Å². The summed E-state index contributed by atoms with van der Waals surface area (Å²) in [6, 6.07) is 3.91. The number of nitrogens with two attached hydrogens (primary N) is 1. The van der Waals surface area contributed by atoms with Gasteiger partial charge in [0.1, 0.15) is 5.75 Å². The van der Waals surface area contributed by atoms with Gasteiger partial charge in [0.2, 0.25) is 0 Å². The van der Waals surface area contributed by atoms with Crippen LogP contribution in [0.2, 0.25) is 5.02 Å². The van der Waals surface area contributed by atoms with Crippen molar-refractivity contribution < 1.29 is 13.5 Å². The molecule has 19 heavy (non-hydrogen) atoms. The lowest BCUT2D eigenvalue weighted by Crippen LogP contribution is -2.17. The standard InChI is InChI=1S/C10H11ClN4O3S/c1-15-10(7(11)5-13-15)19(17,18)14-9-3-2-6(16)4-8(9)12/h2-5,14,16H,12H2,1H3. The van der Waals surface area contributed by atoms with Crippen molar-refractivity contribution in [2.75, 3.05) is 10.5 Å². The third-order valence-corrected chi connectivity index (χ3v) is 4.25. The van der Waals surface area contributed by atoms with Gasteiger partial charge in [0.15, 0.2) is 5.03 Å². The lowest BCUT2D eigenvalue weighted by molar-refractivity contribution is 0.475. The van der Waals surface area contributed by atoms with E-state index in [-0.39, 0.29) is 27.2 Å². The van der Waals surface area contributed by atoms with Crippen molar-refractivity contribution in [1.29, 1.82) is 0 Å². The lowest BCUT2D eigenvalue weighted by atomic mass is 10.2. The highest BCUT2D eigenvalue weighted by Crippen LogP contribution is 2.27. The Bertz CT molecular complexity index is 707. The van der Waals surface area contributed by atoms with Gasteiger partial charge in [-0.2, -0.15) is 13.5 Å². The Hall–Kier alpha value is -1.93. The lowest BCUT2D eigenvalue weighted by Gasteiger charge is -2.10. The first-order valence-electron chi connectivity index (χ1n) is 5.10. The molecular formula is C10H11ClN4O3S. The number of phenols is 1. The average molecular weight is 303 g/mol. The average Bonchev–Trinajstić information content (AvgIpc) is 2.63. The van der Waals surface area contributed by atoms with Gasteiger partial charge < -0.3 is 10.8 Å². The van der Waals surface area contributed by atoms with Gasteiger partial charge in [-0.15, -0.1) is 0 Å². The Morgan fingerprint density at radius 3 is 2.68 bits per heavy atom. The predicted molar refractivity (Wildman–Crippen MR) is 71.5 cm³/mol. The molecule has 9 heteroatoms. The molecule has 2 aromatic rings. The molecule has 0 atom stereocenters. The fraction of sp³-hybridized carbons (Fsp3) is 0.100. The molecule has 0 saturated carbocycles. The fourth-order valence-electron chi connectivity index (χ4n) is 1.54. The molecule has 0 aliphatic rings. The van der Waals surface area contributed by atoms with Crippen LogP contribution in [0.1, 0.15) is 0 Å². The number of phenolic OH excluding ortho intramolecular Hbond substituents is 1. The molecule has 2 rings (SSSR count). The number of sulfonamides is 1. The highest BCUT2D eigenvalue weighted by atomic mass is 35.5. The molecule has 0 radical (unpaired) electrons. The zero-order valence-corrected chi connectivity index (χ0v) is 11.4. The second kappa shape index (κ2) is 4.63. The van der Waals surface area contributed by atoms with Gasteiger partial charge in [0.25, 0.3) is 10.0 Å². The number of aromatic hydroxyl groups is 1. The van der Waals surface area contributed by atoms with Crippen LogP contribution in [0, 0.1) is 0 Å². The zero-order chi connectivity index (χ0) is 14.2. The third-order valence-electron chi connectivity index (χ3n) is 2.38. The Morgan fingerprint density at radius 2 is 2.16 bits per heavy atom. The number of benzene rings is 1. The minimum atomic E-state index is -3.91. The number of nitrogen functional groups attached to an aromatic ring is 1. The van der Waals surface area contributed by atoms with E-state index in [0.29, 0.717) is 0 Å². The third kappa shape index (κ3) is 2.59. The number of halogens is 1. The van der Waals surface area contributed by atoms with Gasteiger partial charge in [-0.05, 0) is 12.1 Å². The quantitative estimate of drug-likeness (QED) is 0.582. The van der Waals surface area contributed by atoms with Crippen molar-refractivity contribution in [3.8, 4) is 5.75 Å². The van der Waals surface area contributed by atoms with Crippen LogP contribution in [-0.4, -0.2) is 23.3 Å². The smallest absolute Gasteiger partial charge is 0.280 e. The predicted octanol–water partition coefficient (Wildman–Crippen LogP) is 1.16. The summed E-state index contributed by atoms with van der Waals surface area (Å²) < 4.78 is 27.8. The summed E-state index contributed by atoms with van der Waals surface area (Å²) >= 11 is 5.79. The van der Waals surface area contributed by atoms with E-state index in [4.69, 9.17) is 17.3 Å². The van der Waals surface area contributed by atoms with Crippen LogP contribution in [0.5, 0.6) is 5.75 Å². The number of hydrogen-bond donors (Lipinski definition) is 3. The number of nitrogens with zero attached hydrogens (tertiary/aromatic N) is 2. The molecule has 0 aliphatic heterocycles. The first-order valence-corrected chi connectivity index (χ1v) is 6.96. The van der Waals surface area contributed by atoms with Crippen molar-refractivity contribution in [3.05, 3.63) is 29.4 Å². The van der Waals surface area contributed by atoms with Crippen LogP contribution in [0.3, 0.4) is 0 Å². The number of hydrogen-bond acceptors (Lipinski definition) is 5. The maximum atomic E-state index is 12.2. The normalized spacial score (nSPS) is 11.5. The van der Waals surface area contributed by atoms with Crippen molar-refractivity contribution in [2.45, 2.75) is 5.03 Å². The number of nitrogens with one attached hydrogen (secondary N) is 1. The van der Waals surface area contributed by atoms with Crippen LogP contribution in [0.15, 0.2) is 29.4 Å². The SMILES string of the molecule is Cn1ncc(Cl)c1S(=O)(=O)Nc1ccc(O)cc1N. The molecule has 0 unspecified atom stereocenters. The van der Waals surface area contributed by atoms with Gasteiger partial charge in [-0.25, -0.2) is 0 Å². The van der Waals surface area contributed by atoms with Crippen molar-refractivity contribution >= 4 is 33.0 Å². The second-order valence-electron chi connectivity index (χ2n) is 3.80. The van der Waals surface area contributed by atoms with Gasteiger partial charge in [-0.3, -0.25) is 9.40 Å².